The predicted molar refractivity (Wildman–Crippen MR) is 134 cm³/mol. The van der Waals surface area contributed by atoms with Crippen LogP contribution in [0.2, 0.25) is 0 Å². The molecule has 35 heavy (non-hydrogen) atoms. The Morgan fingerprint density at radius 3 is 2.54 bits per heavy atom. The SMILES string of the molecule is COc1ccc(S(=O)(=O)N[C@@H]2CCN(CCCOc3ccc(-c4ccccn4)cc3)C2)cc1OC. The highest BCUT2D eigenvalue weighted by atomic mass is 32.2. The van der Waals surface area contributed by atoms with Gasteiger partial charge in [0.2, 0.25) is 10.0 Å². The van der Waals surface area contributed by atoms with Crippen LogP contribution in [0.25, 0.3) is 11.3 Å². The summed E-state index contributed by atoms with van der Waals surface area (Å²) in [5.74, 6) is 1.70. The van der Waals surface area contributed by atoms with E-state index in [0.29, 0.717) is 24.7 Å². The second kappa shape index (κ2) is 11.5. The second-order valence-electron chi connectivity index (χ2n) is 8.37. The van der Waals surface area contributed by atoms with Crippen molar-refractivity contribution in [2.45, 2.75) is 23.8 Å². The van der Waals surface area contributed by atoms with Gasteiger partial charge in [0.1, 0.15) is 5.75 Å². The summed E-state index contributed by atoms with van der Waals surface area (Å²) in [6.45, 7) is 2.96. The Balaban J connectivity index is 1.21. The first kappa shape index (κ1) is 25.0. The van der Waals surface area contributed by atoms with E-state index in [-0.39, 0.29) is 10.9 Å². The lowest BCUT2D eigenvalue weighted by Crippen LogP contribution is -2.37. The Bertz CT molecular complexity index is 1200. The van der Waals surface area contributed by atoms with Gasteiger partial charge >= 0.3 is 0 Å². The summed E-state index contributed by atoms with van der Waals surface area (Å²) < 4.78 is 44.8. The van der Waals surface area contributed by atoms with Gasteiger partial charge in [0.05, 0.1) is 31.4 Å². The predicted octanol–water partition coefficient (Wildman–Crippen LogP) is 3.59. The maximum absolute atomic E-state index is 12.8. The van der Waals surface area contributed by atoms with Gasteiger partial charge in [-0.2, -0.15) is 0 Å². The molecule has 1 aliphatic heterocycles. The van der Waals surface area contributed by atoms with Gasteiger partial charge in [0.15, 0.2) is 11.5 Å². The Morgan fingerprint density at radius 2 is 1.83 bits per heavy atom. The minimum absolute atomic E-state index is 0.131. The third-order valence-electron chi connectivity index (χ3n) is 5.96. The normalized spacial score (nSPS) is 16.2. The third kappa shape index (κ3) is 6.50. The fraction of sp³-hybridized carbons (Fsp3) is 0.346. The number of likely N-dealkylation sites (tertiary alicyclic amines) is 1. The molecule has 3 aromatic rings. The van der Waals surface area contributed by atoms with Crippen LogP contribution in [0.5, 0.6) is 17.2 Å². The van der Waals surface area contributed by atoms with Crippen molar-refractivity contribution < 1.29 is 22.6 Å². The highest BCUT2D eigenvalue weighted by molar-refractivity contribution is 7.89. The van der Waals surface area contributed by atoms with Crippen molar-refractivity contribution in [3.05, 3.63) is 66.9 Å². The number of hydrogen-bond acceptors (Lipinski definition) is 7. The van der Waals surface area contributed by atoms with Crippen LogP contribution in [-0.4, -0.2) is 64.8 Å². The fourth-order valence-electron chi connectivity index (χ4n) is 4.14. The standard InChI is InChI=1S/C26H31N3O5S/c1-32-25-12-11-23(18-26(25)33-2)35(30,31)28-21-13-16-29(19-21)15-5-17-34-22-9-7-20(8-10-22)24-6-3-4-14-27-24/h3-4,6-12,14,18,21,28H,5,13,15-17,19H2,1-2H3/t21-/m1/s1. The van der Waals surface area contributed by atoms with Crippen LogP contribution in [0, 0.1) is 0 Å². The van der Waals surface area contributed by atoms with Gasteiger partial charge in [-0.3, -0.25) is 4.98 Å². The number of benzene rings is 2. The lowest BCUT2D eigenvalue weighted by molar-refractivity contribution is 0.261. The smallest absolute Gasteiger partial charge is 0.241 e. The van der Waals surface area contributed by atoms with Gasteiger partial charge in [0, 0.05) is 37.0 Å². The molecular weight excluding hydrogens is 466 g/mol. The molecular formula is C26H31N3O5S. The molecule has 8 nitrogen and oxygen atoms in total. The molecule has 1 atom stereocenters. The van der Waals surface area contributed by atoms with Crippen LogP contribution in [0.3, 0.4) is 0 Å². The summed E-state index contributed by atoms with van der Waals surface area (Å²) in [5, 5.41) is 0. The van der Waals surface area contributed by atoms with Crippen molar-refractivity contribution >= 4 is 10.0 Å². The van der Waals surface area contributed by atoms with Crippen molar-refractivity contribution in [2.75, 3.05) is 40.5 Å². The number of pyridine rings is 1. The number of ether oxygens (including phenoxy) is 3. The van der Waals surface area contributed by atoms with E-state index in [1.807, 2.05) is 42.5 Å². The first-order chi connectivity index (χ1) is 17.0. The zero-order valence-electron chi connectivity index (χ0n) is 20.0. The van der Waals surface area contributed by atoms with E-state index in [4.69, 9.17) is 14.2 Å². The molecule has 0 saturated carbocycles. The molecule has 1 aromatic heterocycles. The molecule has 0 radical (unpaired) electrons. The molecule has 1 fully saturated rings. The summed E-state index contributed by atoms with van der Waals surface area (Å²) in [6, 6.07) is 18.2. The maximum atomic E-state index is 12.8. The number of aromatic nitrogens is 1. The van der Waals surface area contributed by atoms with Gasteiger partial charge in [-0.15, -0.1) is 0 Å². The van der Waals surface area contributed by atoms with Crippen molar-refractivity contribution in [3.63, 3.8) is 0 Å². The van der Waals surface area contributed by atoms with Crippen LogP contribution in [0.15, 0.2) is 71.8 Å². The van der Waals surface area contributed by atoms with Gasteiger partial charge in [-0.25, -0.2) is 13.1 Å². The monoisotopic (exact) mass is 497 g/mol. The highest BCUT2D eigenvalue weighted by Crippen LogP contribution is 2.29. The van der Waals surface area contributed by atoms with E-state index >= 15 is 0 Å². The molecule has 0 amide bonds. The summed E-state index contributed by atoms with van der Waals surface area (Å²) in [6.07, 6.45) is 3.41. The Kier molecular flexibility index (Phi) is 8.22. The molecule has 0 aliphatic carbocycles. The van der Waals surface area contributed by atoms with Crippen LogP contribution in [0.4, 0.5) is 0 Å². The minimum Gasteiger partial charge on any atom is -0.494 e. The van der Waals surface area contributed by atoms with E-state index in [1.54, 1.807) is 12.3 Å². The highest BCUT2D eigenvalue weighted by Gasteiger charge is 2.27. The number of rotatable bonds is 11. The van der Waals surface area contributed by atoms with E-state index in [0.717, 1.165) is 42.9 Å². The van der Waals surface area contributed by atoms with E-state index < -0.39 is 10.0 Å². The molecule has 186 valence electrons. The zero-order valence-corrected chi connectivity index (χ0v) is 20.8. The molecule has 1 N–H and O–H groups in total. The zero-order chi connectivity index (χ0) is 24.7. The Hall–Kier alpha value is -3.14. The molecule has 2 heterocycles. The fourth-order valence-corrected chi connectivity index (χ4v) is 5.41. The number of nitrogens with zero attached hydrogens (tertiary/aromatic N) is 2. The van der Waals surface area contributed by atoms with Crippen LogP contribution >= 0.6 is 0 Å². The van der Waals surface area contributed by atoms with Gasteiger partial charge in [0.25, 0.3) is 0 Å². The van der Waals surface area contributed by atoms with Crippen LogP contribution in [0.1, 0.15) is 12.8 Å². The number of sulfonamides is 1. The minimum atomic E-state index is -3.65. The first-order valence-electron chi connectivity index (χ1n) is 11.6. The maximum Gasteiger partial charge on any atom is 0.241 e. The second-order valence-corrected chi connectivity index (χ2v) is 10.1. The molecule has 9 heteroatoms. The molecule has 0 spiro atoms. The topological polar surface area (TPSA) is 90.0 Å². The summed E-state index contributed by atoms with van der Waals surface area (Å²) in [5.41, 5.74) is 1.99. The average molecular weight is 498 g/mol. The number of nitrogens with one attached hydrogen (secondary N) is 1. The Labute approximate surface area is 206 Å². The summed E-state index contributed by atoms with van der Waals surface area (Å²) in [4.78, 5) is 6.78. The Morgan fingerprint density at radius 1 is 1.03 bits per heavy atom. The summed E-state index contributed by atoms with van der Waals surface area (Å²) >= 11 is 0. The van der Waals surface area contributed by atoms with Gasteiger partial charge in [-0.05, 0) is 67.9 Å². The van der Waals surface area contributed by atoms with Crippen molar-refractivity contribution in [1.82, 2.24) is 14.6 Å². The van der Waals surface area contributed by atoms with Gasteiger partial charge in [-0.1, -0.05) is 6.07 Å². The molecule has 0 unspecified atom stereocenters. The van der Waals surface area contributed by atoms with E-state index in [2.05, 4.69) is 14.6 Å². The molecule has 1 aliphatic rings. The molecule has 0 bridgehead atoms. The number of methoxy groups -OCH3 is 2. The van der Waals surface area contributed by atoms with Crippen molar-refractivity contribution in [3.8, 4) is 28.5 Å². The van der Waals surface area contributed by atoms with Crippen LogP contribution in [-0.2, 0) is 10.0 Å². The first-order valence-corrected chi connectivity index (χ1v) is 13.1. The van der Waals surface area contributed by atoms with Crippen LogP contribution < -0.4 is 18.9 Å². The van der Waals surface area contributed by atoms with Crippen molar-refractivity contribution in [1.29, 1.82) is 0 Å². The van der Waals surface area contributed by atoms with E-state index in [9.17, 15) is 8.42 Å². The average Bonchev–Trinajstić information content (AvgIpc) is 3.33. The quantitative estimate of drug-likeness (QED) is 0.405. The number of hydrogen-bond donors (Lipinski definition) is 1. The molecule has 1 saturated heterocycles. The lowest BCUT2D eigenvalue weighted by atomic mass is 10.1. The largest absolute Gasteiger partial charge is 0.494 e. The van der Waals surface area contributed by atoms with E-state index in [1.165, 1.54) is 26.4 Å². The lowest BCUT2D eigenvalue weighted by Gasteiger charge is -2.17. The van der Waals surface area contributed by atoms with Crippen molar-refractivity contribution in [2.24, 2.45) is 0 Å². The molecule has 4 rings (SSSR count). The molecule has 2 aromatic carbocycles. The van der Waals surface area contributed by atoms with Gasteiger partial charge < -0.3 is 19.1 Å². The third-order valence-corrected chi connectivity index (χ3v) is 7.48. The summed E-state index contributed by atoms with van der Waals surface area (Å²) in [7, 11) is -0.652.